The lowest BCUT2D eigenvalue weighted by Gasteiger charge is -2.34. The second kappa shape index (κ2) is 5.80. The van der Waals surface area contributed by atoms with Crippen molar-refractivity contribution in [3.05, 3.63) is 34.1 Å². The molecule has 1 unspecified atom stereocenters. The van der Waals surface area contributed by atoms with Gasteiger partial charge in [0.05, 0.1) is 18.2 Å². The monoisotopic (exact) mass is 315 g/mol. The first kappa shape index (κ1) is 13.5. The molecule has 0 radical (unpaired) electrons. The maximum atomic E-state index is 13.0. The molecule has 1 aromatic rings. The van der Waals surface area contributed by atoms with E-state index < -0.39 is 0 Å². The average molecular weight is 316 g/mol. The first-order valence-corrected chi connectivity index (χ1v) is 6.79. The van der Waals surface area contributed by atoms with Crippen LogP contribution < -0.4 is 0 Å². The van der Waals surface area contributed by atoms with E-state index in [1.54, 1.807) is 4.90 Å². The van der Waals surface area contributed by atoms with Crippen molar-refractivity contribution in [2.24, 2.45) is 0 Å². The third kappa shape index (κ3) is 2.72. The molecule has 1 aliphatic rings. The summed E-state index contributed by atoms with van der Waals surface area (Å²) >= 11 is 3.21. The maximum Gasteiger partial charge on any atom is 0.255 e. The number of likely N-dealkylation sites (tertiary alicyclic amines) is 1. The molecule has 3 nitrogen and oxygen atoms in total. The minimum absolute atomic E-state index is 0.0233. The number of aliphatic hydroxyl groups is 1. The van der Waals surface area contributed by atoms with Gasteiger partial charge in [0.2, 0.25) is 0 Å². The molecule has 1 atom stereocenters. The van der Waals surface area contributed by atoms with Gasteiger partial charge in [0, 0.05) is 11.0 Å². The Morgan fingerprint density at radius 1 is 1.50 bits per heavy atom. The lowest BCUT2D eigenvalue weighted by molar-refractivity contribution is 0.0502. The van der Waals surface area contributed by atoms with Gasteiger partial charge in [-0.1, -0.05) is 0 Å². The highest BCUT2D eigenvalue weighted by Crippen LogP contribution is 2.24. The Balaban J connectivity index is 2.24. The summed E-state index contributed by atoms with van der Waals surface area (Å²) in [5, 5.41) is 9.31. The van der Waals surface area contributed by atoms with Crippen molar-refractivity contribution in [3.8, 4) is 0 Å². The van der Waals surface area contributed by atoms with Crippen molar-refractivity contribution in [2.75, 3.05) is 13.2 Å². The van der Waals surface area contributed by atoms with Gasteiger partial charge >= 0.3 is 0 Å². The van der Waals surface area contributed by atoms with E-state index in [4.69, 9.17) is 0 Å². The van der Waals surface area contributed by atoms with E-state index in [1.807, 2.05) is 0 Å². The van der Waals surface area contributed by atoms with Crippen LogP contribution in [0.2, 0.25) is 0 Å². The van der Waals surface area contributed by atoms with Crippen LogP contribution in [0.15, 0.2) is 22.7 Å². The Hall–Kier alpha value is -0.940. The zero-order valence-corrected chi connectivity index (χ0v) is 11.5. The van der Waals surface area contributed by atoms with Gasteiger partial charge in [-0.15, -0.1) is 0 Å². The van der Waals surface area contributed by atoms with Gasteiger partial charge in [-0.2, -0.15) is 0 Å². The van der Waals surface area contributed by atoms with Gasteiger partial charge in [0.25, 0.3) is 5.91 Å². The number of carbonyl (C=O) groups excluding carboxylic acids is 1. The van der Waals surface area contributed by atoms with Crippen LogP contribution in [0.25, 0.3) is 0 Å². The van der Waals surface area contributed by atoms with Crippen LogP contribution >= 0.6 is 15.9 Å². The number of nitrogens with zero attached hydrogens (tertiary/aromatic N) is 1. The fraction of sp³-hybridized carbons (Fsp3) is 0.462. The second-order valence-electron chi connectivity index (χ2n) is 4.45. The average Bonchev–Trinajstić information content (AvgIpc) is 2.38. The lowest BCUT2D eigenvalue weighted by atomic mass is 10.0. The predicted octanol–water partition coefficient (Wildman–Crippen LogP) is 2.58. The summed E-state index contributed by atoms with van der Waals surface area (Å²) in [4.78, 5) is 14.0. The molecule has 0 bridgehead atoms. The normalized spacial score (nSPS) is 19.9. The van der Waals surface area contributed by atoms with E-state index in [0.29, 0.717) is 16.6 Å². The third-order valence-corrected chi connectivity index (χ3v) is 3.92. The van der Waals surface area contributed by atoms with Crippen LogP contribution in [-0.2, 0) is 0 Å². The first-order valence-electron chi connectivity index (χ1n) is 6.00. The smallest absolute Gasteiger partial charge is 0.255 e. The number of aliphatic hydroxyl groups excluding tert-OH is 1. The Labute approximate surface area is 114 Å². The summed E-state index contributed by atoms with van der Waals surface area (Å²) in [5.74, 6) is -0.531. The third-order valence-electron chi connectivity index (χ3n) is 3.26. The molecule has 2 rings (SSSR count). The van der Waals surface area contributed by atoms with Gasteiger partial charge in [-0.05, 0) is 53.4 Å². The zero-order valence-electron chi connectivity index (χ0n) is 9.90. The Morgan fingerprint density at radius 2 is 2.28 bits per heavy atom. The molecular weight excluding hydrogens is 301 g/mol. The largest absolute Gasteiger partial charge is 0.394 e. The van der Waals surface area contributed by atoms with Crippen molar-refractivity contribution >= 4 is 21.8 Å². The van der Waals surface area contributed by atoms with Gasteiger partial charge in [-0.3, -0.25) is 4.79 Å². The van der Waals surface area contributed by atoms with E-state index in [2.05, 4.69) is 15.9 Å². The van der Waals surface area contributed by atoms with Crippen LogP contribution in [0.5, 0.6) is 0 Å². The quantitative estimate of drug-likeness (QED) is 0.911. The van der Waals surface area contributed by atoms with Gasteiger partial charge in [0.1, 0.15) is 5.82 Å². The highest BCUT2D eigenvalue weighted by molar-refractivity contribution is 9.10. The molecule has 0 saturated carbocycles. The highest BCUT2D eigenvalue weighted by Gasteiger charge is 2.27. The van der Waals surface area contributed by atoms with Crippen LogP contribution in [-0.4, -0.2) is 35.1 Å². The molecule has 5 heteroatoms. The summed E-state index contributed by atoms with van der Waals surface area (Å²) in [6, 6.07) is 3.91. The van der Waals surface area contributed by atoms with Crippen molar-refractivity contribution < 1.29 is 14.3 Å². The Morgan fingerprint density at radius 3 is 2.94 bits per heavy atom. The topological polar surface area (TPSA) is 40.5 Å². The number of carbonyl (C=O) groups is 1. The number of rotatable bonds is 2. The second-order valence-corrected chi connectivity index (χ2v) is 5.31. The van der Waals surface area contributed by atoms with E-state index in [0.717, 1.165) is 19.3 Å². The van der Waals surface area contributed by atoms with E-state index in [9.17, 15) is 14.3 Å². The molecule has 1 heterocycles. The Bertz CT molecular complexity index is 453. The molecule has 1 aliphatic heterocycles. The molecular formula is C13H15BrFNO2. The molecule has 1 amide bonds. The fourth-order valence-electron chi connectivity index (χ4n) is 2.28. The number of hydrogen-bond acceptors (Lipinski definition) is 2. The fourth-order valence-corrected chi connectivity index (χ4v) is 2.80. The molecule has 1 N–H and O–H groups in total. The number of benzene rings is 1. The Kier molecular flexibility index (Phi) is 4.35. The molecule has 1 aromatic carbocycles. The summed E-state index contributed by atoms with van der Waals surface area (Å²) in [6.45, 7) is 0.623. The van der Waals surface area contributed by atoms with Crippen molar-refractivity contribution in [3.63, 3.8) is 0 Å². The number of piperidine rings is 1. The van der Waals surface area contributed by atoms with E-state index in [-0.39, 0.29) is 24.4 Å². The van der Waals surface area contributed by atoms with Crippen molar-refractivity contribution in [1.29, 1.82) is 0 Å². The molecule has 1 fully saturated rings. The molecule has 18 heavy (non-hydrogen) atoms. The van der Waals surface area contributed by atoms with Gasteiger partial charge < -0.3 is 10.0 Å². The maximum absolute atomic E-state index is 13.0. The van der Waals surface area contributed by atoms with Crippen LogP contribution in [0.3, 0.4) is 0 Å². The molecule has 0 aromatic heterocycles. The van der Waals surface area contributed by atoms with Gasteiger partial charge in [-0.25, -0.2) is 4.39 Å². The predicted molar refractivity (Wildman–Crippen MR) is 69.9 cm³/mol. The molecule has 1 saturated heterocycles. The van der Waals surface area contributed by atoms with Gasteiger partial charge in [0.15, 0.2) is 0 Å². The first-order chi connectivity index (χ1) is 8.63. The summed E-state index contributed by atoms with van der Waals surface area (Å²) in [5.41, 5.74) is 0.441. The summed E-state index contributed by atoms with van der Waals surface area (Å²) < 4.78 is 13.5. The summed E-state index contributed by atoms with van der Waals surface area (Å²) in [6.07, 6.45) is 2.79. The number of hydrogen-bond donors (Lipinski definition) is 1. The molecule has 0 spiro atoms. The standard InChI is InChI=1S/C13H15BrFNO2/c14-12-7-9(15)4-5-11(12)13(18)16-6-2-1-3-10(16)8-17/h4-5,7,10,17H,1-3,6,8H2. The van der Waals surface area contributed by atoms with Crippen molar-refractivity contribution in [1.82, 2.24) is 4.90 Å². The zero-order chi connectivity index (χ0) is 13.1. The van der Waals surface area contributed by atoms with Crippen molar-refractivity contribution in [2.45, 2.75) is 25.3 Å². The van der Waals surface area contributed by atoms with E-state index in [1.165, 1.54) is 18.2 Å². The SMILES string of the molecule is O=C(c1ccc(F)cc1Br)N1CCCCC1CO. The summed E-state index contributed by atoms with van der Waals surface area (Å²) in [7, 11) is 0. The lowest BCUT2D eigenvalue weighted by Crippen LogP contribution is -2.45. The molecule has 98 valence electrons. The minimum atomic E-state index is -0.379. The van der Waals surface area contributed by atoms with Crippen LogP contribution in [0, 0.1) is 5.82 Å². The van der Waals surface area contributed by atoms with E-state index >= 15 is 0 Å². The molecule has 0 aliphatic carbocycles. The number of halogens is 2. The minimum Gasteiger partial charge on any atom is -0.394 e. The van der Waals surface area contributed by atoms with Crippen LogP contribution in [0.4, 0.5) is 4.39 Å². The van der Waals surface area contributed by atoms with Crippen LogP contribution in [0.1, 0.15) is 29.6 Å². The highest BCUT2D eigenvalue weighted by atomic mass is 79.9. The number of amides is 1.